The van der Waals surface area contributed by atoms with E-state index in [0.29, 0.717) is 36.7 Å². The van der Waals surface area contributed by atoms with Gasteiger partial charge in [0.1, 0.15) is 0 Å². The van der Waals surface area contributed by atoms with Gasteiger partial charge in [-0.05, 0) is 37.6 Å². The molecule has 0 saturated carbocycles. The Morgan fingerprint density at radius 3 is 2.26 bits per heavy atom. The minimum Gasteiger partial charge on any atom is -0.315 e. The minimum atomic E-state index is -3.04. The van der Waals surface area contributed by atoms with Gasteiger partial charge < -0.3 is 5.32 Å². The second-order valence-electron chi connectivity index (χ2n) is 6.39. The van der Waals surface area contributed by atoms with Crippen molar-refractivity contribution in [3.05, 3.63) is 0 Å². The van der Waals surface area contributed by atoms with Gasteiger partial charge in [-0.2, -0.15) is 0 Å². The first-order valence-corrected chi connectivity index (χ1v) is 9.13. The third-order valence-electron chi connectivity index (χ3n) is 3.61. The molecule has 5 heteroatoms. The second kappa shape index (κ2) is 7.60. The van der Waals surface area contributed by atoms with Gasteiger partial charge >= 0.3 is 0 Å². The van der Waals surface area contributed by atoms with Crippen molar-refractivity contribution < 1.29 is 8.42 Å². The number of unbranched alkanes of at least 4 members (excludes halogenated alkanes) is 1. The van der Waals surface area contributed by atoms with Gasteiger partial charge in [0.15, 0.2) is 0 Å². The van der Waals surface area contributed by atoms with E-state index in [9.17, 15) is 8.42 Å². The van der Waals surface area contributed by atoms with Crippen LogP contribution in [0.5, 0.6) is 0 Å². The third-order valence-corrected chi connectivity index (χ3v) is 5.50. The number of piperidine rings is 1. The summed E-state index contributed by atoms with van der Waals surface area (Å²) in [7, 11) is -3.04. The highest BCUT2D eigenvalue weighted by Crippen LogP contribution is 2.23. The average Bonchev–Trinajstić information content (AvgIpc) is 2.26. The van der Waals surface area contributed by atoms with Crippen molar-refractivity contribution >= 4 is 10.0 Å². The first-order valence-electron chi connectivity index (χ1n) is 7.52. The highest BCUT2D eigenvalue weighted by molar-refractivity contribution is 7.89. The van der Waals surface area contributed by atoms with Gasteiger partial charge in [-0.3, -0.25) is 0 Å². The standard InChI is InChI=1S/C14H30N2O2S/c1-12(2)15-7-5-6-8-19(17,18)16-10-13(3)9-14(4)11-16/h12-15H,5-11H2,1-4H3. The van der Waals surface area contributed by atoms with E-state index in [4.69, 9.17) is 0 Å². The molecule has 1 rings (SSSR count). The molecule has 0 amide bonds. The van der Waals surface area contributed by atoms with Crippen LogP contribution < -0.4 is 5.32 Å². The summed E-state index contributed by atoms with van der Waals surface area (Å²) in [6.45, 7) is 10.8. The van der Waals surface area contributed by atoms with Crippen molar-refractivity contribution in [1.82, 2.24) is 9.62 Å². The van der Waals surface area contributed by atoms with Crippen molar-refractivity contribution in [3.8, 4) is 0 Å². The predicted molar refractivity (Wildman–Crippen MR) is 80.7 cm³/mol. The van der Waals surface area contributed by atoms with Crippen LogP contribution in [0.3, 0.4) is 0 Å². The van der Waals surface area contributed by atoms with Crippen LogP contribution in [0.15, 0.2) is 0 Å². The van der Waals surface area contributed by atoms with E-state index in [1.165, 1.54) is 0 Å². The monoisotopic (exact) mass is 290 g/mol. The normalized spacial score (nSPS) is 25.9. The largest absolute Gasteiger partial charge is 0.315 e. The summed E-state index contributed by atoms with van der Waals surface area (Å²) in [4.78, 5) is 0. The summed E-state index contributed by atoms with van der Waals surface area (Å²) < 4.78 is 26.3. The number of nitrogens with one attached hydrogen (secondary N) is 1. The fourth-order valence-corrected chi connectivity index (χ4v) is 4.55. The highest BCUT2D eigenvalue weighted by atomic mass is 32.2. The molecule has 1 saturated heterocycles. The molecule has 0 aromatic carbocycles. The molecule has 1 fully saturated rings. The lowest BCUT2D eigenvalue weighted by molar-refractivity contribution is 0.222. The van der Waals surface area contributed by atoms with Crippen molar-refractivity contribution in [2.45, 2.75) is 53.0 Å². The smallest absolute Gasteiger partial charge is 0.214 e. The van der Waals surface area contributed by atoms with Gasteiger partial charge in [0, 0.05) is 19.1 Å². The van der Waals surface area contributed by atoms with Crippen LogP contribution in [0, 0.1) is 11.8 Å². The zero-order valence-electron chi connectivity index (χ0n) is 12.9. The Kier molecular flexibility index (Phi) is 6.77. The van der Waals surface area contributed by atoms with Gasteiger partial charge in [-0.15, -0.1) is 0 Å². The molecule has 0 aromatic heterocycles. The maximum Gasteiger partial charge on any atom is 0.214 e. The molecule has 1 aliphatic rings. The lowest BCUT2D eigenvalue weighted by Crippen LogP contribution is -2.43. The first kappa shape index (κ1) is 16.9. The van der Waals surface area contributed by atoms with Crippen LogP contribution in [0.2, 0.25) is 0 Å². The van der Waals surface area contributed by atoms with Crippen molar-refractivity contribution in [2.24, 2.45) is 11.8 Å². The molecule has 1 heterocycles. The lowest BCUT2D eigenvalue weighted by atomic mass is 9.94. The molecule has 0 bridgehead atoms. The van der Waals surface area contributed by atoms with Gasteiger partial charge in [-0.25, -0.2) is 12.7 Å². The molecule has 2 unspecified atom stereocenters. The number of nitrogens with zero attached hydrogens (tertiary/aromatic N) is 1. The number of hydrogen-bond acceptors (Lipinski definition) is 3. The number of hydrogen-bond donors (Lipinski definition) is 1. The molecule has 19 heavy (non-hydrogen) atoms. The Bertz CT molecular complexity index is 344. The molecule has 1 N–H and O–H groups in total. The van der Waals surface area contributed by atoms with E-state index in [1.54, 1.807) is 4.31 Å². The van der Waals surface area contributed by atoms with E-state index in [-0.39, 0.29) is 0 Å². The van der Waals surface area contributed by atoms with E-state index in [0.717, 1.165) is 25.8 Å². The van der Waals surface area contributed by atoms with Crippen LogP contribution in [-0.2, 0) is 10.0 Å². The van der Waals surface area contributed by atoms with Gasteiger partial charge in [0.2, 0.25) is 10.0 Å². The Balaban J connectivity index is 2.34. The Labute approximate surface area is 119 Å². The molecule has 0 aliphatic carbocycles. The predicted octanol–water partition coefficient (Wildman–Crippen LogP) is 2.07. The fraction of sp³-hybridized carbons (Fsp3) is 1.00. The topological polar surface area (TPSA) is 49.4 Å². The molecule has 0 aromatic rings. The zero-order valence-corrected chi connectivity index (χ0v) is 13.7. The second-order valence-corrected chi connectivity index (χ2v) is 8.48. The molecule has 0 radical (unpaired) electrons. The molecule has 2 atom stereocenters. The zero-order chi connectivity index (χ0) is 14.5. The maximum atomic E-state index is 12.3. The average molecular weight is 290 g/mol. The van der Waals surface area contributed by atoms with Gasteiger partial charge in [0.05, 0.1) is 5.75 Å². The van der Waals surface area contributed by atoms with Crippen LogP contribution in [0.1, 0.15) is 47.0 Å². The van der Waals surface area contributed by atoms with Crippen LogP contribution in [0.25, 0.3) is 0 Å². The van der Waals surface area contributed by atoms with Crippen LogP contribution >= 0.6 is 0 Å². The van der Waals surface area contributed by atoms with Crippen molar-refractivity contribution in [2.75, 3.05) is 25.4 Å². The number of sulfonamides is 1. The summed E-state index contributed by atoms with van der Waals surface area (Å²) in [6, 6.07) is 0.473. The van der Waals surface area contributed by atoms with Crippen molar-refractivity contribution in [1.29, 1.82) is 0 Å². The summed E-state index contributed by atoms with van der Waals surface area (Å²) in [5, 5.41) is 3.32. The van der Waals surface area contributed by atoms with Gasteiger partial charge in [0.25, 0.3) is 0 Å². The van der Waals surface area contributed by atoms with E-state index in [2.05, 4.69) is 33.0 Å². The molecular weight excluding hydrogens is 260 g/mol. The molecule has 4 nitrogen and oxygen atoms in total. The highest BCUT2D eigenvalue weighted by Gasteiger charge is 2.29. The minimum absolute atomic E-state index is 0.298. The maximum absolute atomic E-state index is 12.3. The van der Waals surface area contributed by atoms with Crippen LogP contribution in [0.4, 0.5) is 0 Å². The van der Waals surface area contributed by atoms with E-state index >= 15 is 0 Å². The van der Waals surface area contributed by atoms with Crippen LogP contribution in [-0.4, -0.2) is 44.2 Å². The van der Waals surface area contributed by atoms with Crippen molar-refractivity contribution in [3.63, 3.8) is 0 Å². The van der Waals surface area contributed by atoms with E-state index in [1.807, 2.05) is 0 Å². The first-order chi connectivity index (χ1) is 8.81. The Morgan fingerprint density at radius 1 is 1.16 bits per heavy atom. The summed E-state index contributed by atoms with van der Waals surface area (Å²) in [5.41, 5.74) is 0. The molecule has 114 valence electrons. The quantitative estimate of drug-likeness (QED) is 0.730. The lowest BCUT2D eigenvalue weighted by Gasteiger charge is -2.34. The third kappa shape index (κ3) is 6.23. The van der Waals surface area contributed by atoms with E-state index < -0.39 is 10.0 Å². The summed E-state index contributed by atoms with van der Waals surface area (Å²) in [6.07, 6.45) is 2.82. The molecule has 0 spiro atoms. The molecule has 1 aliphatic heterocycles. The summed E-state index contributed by atoms with van der Waals surface area (Å²) >= 11 is 0. The molecular formula is C14H30N2O2S. The Hall–Kier alpha value is -0.130. The van der Waals surface area contributed by atoms with Gasteiger partial charge in [-0.1, -0.05) is 27.7 Å². The fourth-order valence-electron chi connectivity index (χ4n) is 2.76. The number of rotatable bonds is 7. The Morgan fingerprint density at radius 2 is 1.74 bits per heavy atom. The summed E-state index contributed by atoms with van der Waals surface area (Å²) in [5.74, 6) is 1.27. The SMILES string of the molecule is CC1CC(C)CN(S(=O)(=O)CCCCNC(C)C)C1.